The number of rotatable bonds is 5. The van der Waals surface area contributed by atoms with E-state index < -0.39 is 0 Å². The Kier molecular flexibility index (Phi) is 4.70. The van der Waals surface area contributed by atoms with Crippen LogP contribution in [0.5, 0.6) is 11.5 Å². The molecule has 1 aromatic heterocycles. The fraction of sp³-hybridized carbons (Fsp3) is 0.133. The van der Waals surface area contributed by atoms with Crippen molar-refractivity contribution in [3.63, 3.8) is 0 Å². The Morgan fingerprint density at radius 3 is 2.83 bits per heavy atom. The molecule has 118 valence electrons. The SMILES string of the molecule is COc1cc(-c2nn[nH]n2)cc(I)c1OCc1cccc(F)c1. The van der Waals surface area contributed by atoms with E-state index in [0.717, 1.165) is 14.7 Å². The van der Waals surface area contributed by atoms with E-state index >= 15 is 0 Å². The summed E-state index contributed by atoms with van der Waals surface area (Å²) >= 11 is 2.14. The van der Waals surface area contributed by atoms with Crippen LogP contribution in [0.1, 0.15) is 5.56 Å². The predicted octanol–water partition coefficient (Wildman–Crippen LogP) is 3.20. The summed E-state index contributed by atoms with van der Waals surface area (Å²) in [6.45, 7) is 0.242. The molecule has 1 N–H and O–H groups in total. The number of methoxy groups -OCH3 is 1. The van der Waals surface area contributed by atoms with E-state index in [0.29, 0.717) is 17.3 Å². The molecule has 0 aliphatic rings. The fourth-order valence-electron chi connectivity index (χ4n) is 2.06. The number of tetrazole rings is 1. The van der Waals surface area contributed by atoms with Crippen LogP contribution in [0.15, 0.2) is 36.4 Å². The third-order valence-electron chi connectivity index (χ3n) is 3.11. The minimum atomic E-state index is -0.291. The van der Waals surface area contributed by atoms with Crippen molar-refractivity contribution in [3.8, 4) is 22.9 Å². The molecule has 1 heterocycles. The van der Waals surface area contributed by atoms with E-state index in [-0.39, 0.29) is 12.4 Å². The number of aromatic amines is 1. The first kappa shape index (κ1) is 15.7. The Labute approximate surface area is 145 Å². The minimum absolute atomic E-state index is 0.242. The smallest absolute Gasteiger partial charge is 0.204 e. The number of hydrogen-bond acceptors (Lipinski definition) is 5. The van der Waals surface area contributed by atoms with E-state index in [1.165, 1.54) is 12.1 Å². The highest BCUT2D eigenvalue weighted by atomic mass is 127. The number of halogens is 2. The Morgan fingerprint density at radius 1 is 1.26 bits per heavy atom. The summed E-state index contributed by atoms with van der Waals surface area (Å²) in [5, 5.41) is 13.9. The van der Waals surface area contributed by atoms with Crippen molar-refractivity contribution in [2.75, 3.05) is 7.11 Å². The summed E-state index contributed by atoms with van der Waals surface area (Å²) in [6, 6.07) is 9.93. The maximum Gasteiger partial charge on any atom is 0.204 e. The first-order valence-electron chi connectivity index (χ1n) is 6.66. The zero-order valence-electron chi connectivity index (χ0n) is 12.1. The number of hydrogen-bond donors (Lipinski definition) is 1. The summed E-state index contributed by atoms with van der Waals surface area (Å²) in [7, 11) is 1.56. The molecule has 0 radical (unpaired) electrons. The maximum absolute atomic E-state index is 13.2. The molecule has 0 atom stereocenters. The summed E-state index contributed by atoms with van der Waals surface area (Å²) in [5.41, 5.74) is 1.50. The van der Waals surface area contributed by atoms with Crippen molar-refractivity contribution >= 4 is 22.6 Å². The first-order chi connectivity index (χ1) is 11.2. The van der Waals surface area contributed by atoms with Crippen LogP contribution in [-0.2, 0) is 6.61 Å². The largest absolute Gasteiger partial charge is 0.493 e. The van der Waals surface area contributed by atoms with Gasteiger partial charge in [-0.2, -0.15) is 5.21 Å². The van der Waals surface area contributed by atoms with E-state index in [2.05, 4.69) is 43.2 Å². The van der Waals surface area contributed by atoms with E-state index in [1.807, 2.05) is 6.07 Å². The number of aromatic nitrogens is 4. The van der Waals surface area contributed by atoms with Crippen molar-refractivity contribution in [1.29, 1.82) is 0 Å². The number of ether oxygens (including phenoxy) is 2. The van der Waals surface area contributed by atoms with Crippen LogP contribution in [-0.4, -0.2) is 27.7 Å². The lowest BCUT2D eigenvalue weighted by atomic mass is 10.2. The minimum Gasteiger partial charge on any atom is -0.493 e. The molecule has 0 fully saturated rings. The van der Waals surface area contributed by atoms with Crippen LogP contribution in [0.3, 0.4) is 0 Å². The monoisotopic (exact) mass is 426 g/mol. The lowest BCUT2D eigenvalue weighted by molar-refractivity contribution is 0.282. The molecule has 2 aromatic carbocycles. The average molecular weight is 426 g/mol. The Bertz CT molecular complexity index is 811. The molecule has 0 saturated carbocycles. The molecule has 3 aromatic rings. The molecular weight excluding hydrogens is 414 g/mol. The van der Waals surface area contributed by atoms with Crippen molar-refractivity contribution in [1.82, 2.24) is 20.6 Å². The van der Waals surface area contributed by atoms with Gasteiger partial charge in [-0.25, -0.2) is 4.39 Å². The number of nitrogens with zero attached hydrogens (tertiary/aromatic N) is 3. The average Bonchev–Trinajstić information content (AvgIpc) is 3.07. The third kappa shape index (κ3) is 3.58. The van der Waals surface area contributed by atoms with E-state index in [9.17, 15) is 4.39 Å². The van der Waals surface area contributed by atoms with Crippen LogP contribution in [0.4, 0.5) is 4.39 Å². The predicted molar refractivity (Wildman–Crippen MR) is 89.6 cm³/mol. The quantitative estimate of drug-likeness (QED) is 0.635. The van der Waals surface area contributed by atoms with Crippen molar-refractivity contribution in [3.05, 3.63) is 51.3 Å². The zero-order chi connectivity index (χ0) is 16.2. The lowest BCUT2D eigenvalue weighted by Crippen LogP contribution is -2.00. The van der Waals surface area contributed by atoms with Gasteiger partial charge >= 0.3 is 0 Å². The van der Waals surface area contributed by atoms with E-state index in [4.69, 9.17) is 9.47 Å². The van der Waals surface area contributed by atoms with Crippen molar-refractivity contribution in [2.45, 2.75) is 6.61 Å². The molecule has 0 spiro atoms. The van der Waals surface area contributed by atoms with Gasteiger partial charge in [0.15, 0.2) is 11.5 Å². The van der Waals surface area contributed by atoms with Crippen molar-refractivity contribution in [2.24, 2.45) is 0 Å². The molecule has 0 saturated heterocycles. The highest BCUT2D eigenvalue weighted by Crippen LogP contribution is 2.36. The summed E-state index contributed by atoms with van der Waals surface area (Å²) in [5.74, 6) is 1.32. The van der Waals surface area contributed by atoms with Gasteiger partial charge < -0.3 is 9.47 Å². The third-order valence-corrected chi connectivity index (χ3v) is 3.91. The number of benzene rings is 2. The van der Waals surface area contributed by atoms with Gasteiger partial charge in [0.25, 0.3) is 0 Å². The number of nitrogens with one attached hydrogen (secondary N) is 1. The second-order valence-corrected chi connectivity index (χ2v) is 5.81. The highest BCUT2D eigenvalue weighted by Gasteiger charge is 2.15. The Balaban J connectivity index is 1.87. The second kappa shape index (κ2) is 6.90. The van der Waals surface area contributed by atoms with Gasteiger partial charge in [-0.1, -0.05) is 12.1 Å². The van der Waals surface area contributed by atoms with Gasteiger partial charge in [0.05, 0.1) is 10.7 Å². The maximum atomic E-state index is 13.2. The molecule has 3 rings (SSSR count). The van der Waals surface area contributed by atoms with Crippen LogP contribution in [0.2, 0.25) is 0 Å². The molecule has 0 aliphatic carbocycles. The summed E-state index contributed by atoms with van der Waals surface area (Å²) in [4.78, 5) is 0. The van der Waals surface area contributed by atoms with Crippen LogP contribution in [0.25, 0.3) is 11.4 Å². The fourth-order valence-corrected chi connectivity index (χ4v) is 2.81. The summed E-state index contributed by atoms with van der Waals surface area (Å²) < 4.78 is 25.3. The molecule has 8 heteroatoms. The normalized spacial score (nSPS) is 10.6. The lowest BCUT2D eigenvalue weighted by Gasteiger charge is -2.13. The van der Waals surface area contributed by atoms with Gasteiger partial charge in [0.2, 0.25) is 5.82 Å². The zero-order valence-corrected chi connectivity index (χ0v) is 14.2. The Morgan fingerprint density at radius 2 is 2.13 bits per heavy atom. The van der Waals surface area contributed by atoms with Gasteiger partial charge in [0.1, 0.15) is 12.4 Å². The first-order valence-corrected chi connectivity index (χ1v) is 7.74. The number of H-pyrrole nitrogens is 1. The van der Waals surface area contributed by atoms with Gasteiger partial charge in [-0.15, -0.1) is 10.2 Å². The molecule has 6 nitrogen and oxygen atoms in total. The van der Waals surface area contributed by atoms with Crippen LogP contribution in [0, 0.1) is 9.39 Å². The molecule has 0 bridgehead atoms. The van der Waals surface area contributed by atoms with Crippen LogP contribution < -0.4 is 9.47 Å². The molecule has 23 heavy (non-hydrogen) atoms. The highest BCUT2D eigenvalue weighted by molar-refractivity contribution is 14.1. The van der Waals surface area contributed by atoms with E-state index in [1.54, 1.807) is 25.3 Å². The van der Waals surface area contributed by atoms with Gasteiger partial charge in [-0.3, -0.25) is 0 Å². The topological polar surface area (TPSA) is 72.9 Å². The molecule has 0 unspecified atom stereocenters. The Hall–Kier alpha value is -2.23. The summed E-state index contributed by atoms with van der Waals surface area (Å²) in [6.07, 6.45) is 0. The molecular formula is C15H12FIN4O2. The van der Waals surface area contributed by atoms with Gasteiger partial charge in [0, 0.05) is 5.56 Å². The molecule has 0 aliphatic heterocycles. The van der Waals surface area contributed by atoms with Gasteiger partial charge in [-0.05, 0) is 57.6 Å². The standard InChI is InChI=1S/C15H12FIN4O2/c1-22-13-7-10(15-18-20-21-19-15)6-12(17)14(13)23-8-9-3-2-4-11(16)5-9/h2-7H,8H2,1H3,(H,18,19,20,21). The van der Waals surface area contributed by atoms with Crippen LogP contribution >= 0.6 is 22.6 Å². The van der Waals surface area contributed by atoms with Crippen molar-refractivity contribution < 1.29 is 13.9 Å². The second-order valence-electron chi connectivity index (χ2n) is 4.64. The molecule has 0 amide bonds.